The summed E-state index contributed by atoms with van der Waals surface area (Å²) in [6, 6.07) is 6.49. The van der Waals surface area contributed by atoms with Crippen molar-refractivity contribution in [2.45, 2.75) is 101 Å². The lowest BCUT2D eigenvalue weighted by atomic mass is 9.69. The van der Waals surface area contributed by atoms with Crippen molar-refractivity contribution in [3.63, 3.8) is 0 Å². The van der Waals surface area contributed by atoms with Gasteiger partial charge in [-0.15, -0.1) is 0 Å². The number of nitrogen functional groups attached to an aromatic ring is 1. The molecule has 1 aliphatic carbocycles. The fourth-order valence-corrected chi connectivity index (χ4v) is 8.02. The van der Waals surface area contributed by atoms with Crippen LogP contribution < -0.4 is 15.4 Å². The Morgan fingerprint density at radius 3 is 2.85 bits per heavy atom. The molecule has 0 unspecified atom stereocenters. The number of alkyl halides is 1. The zero-order valence-corrected chi connectivity index (χ0v) is 24.1. The number of halogens is 1. The molecule has 2 aromatic rings. The molecule has 9 nitrogen and oxygen atoms in total. The first-order valence-electron chi connectivity index (χ1n) is 14.9. The Labute approximate surface area is 240 Å². The molecule has 5 aliphatic rings. The molecule has 1 aromatic carbocycles. The monoisotopic (exact) mass is 562 g/mol. The molecule has 3 fully saturated rings. The van der Waals surface area contributed by atoms with Crippen LogP contribution in [-0.2, 0) is 23.4 Å². The molecule has 218 valence electrons. The molecule has 0 amide bonds. The second-order valence-corrected chi connectivity index (χ2v) is 13.4. The van der Waals surface area contributed by atoms with Crippen LogP contribution in [0, 0.1) is 11.3 Å². The van der Waals surface area contributed by atoms with Crippen molar-refractivity contribution in [1.82, 2.24) is 14.9 Å². The van der Waals surface area contributed by atoms with Gasteiger partial charge in [0, 0.05) is 42.7 Å². The van der Waals surface area contributed by atoms with Crippen molar-refractivity contribution in [3.05, 3.63) is 40.1 Å². The van der Waals surface area contributed by atoms with Crippen LogP contribution in [0.1, 0.15) is 86.7 Å². The van der Waals surface area contributed by atoms with Crippen LogP contribution in [0.2, 0.25) is 0 Å². The lowest BCUT2D eigenvalue weighted by Crippen LogP contribution is -2.68. The number of hydrogen-bond acceptors (Lipinski definition) is 9. The Morgan fingerprint density at radius 2 is 2.10 bits per heavy atom. The normalized spacial score (nSPS) is 33.6. The summed E-state index contributed by atoms with van der Waals surface area (Å²) in [5, 5.41) is 20.7. The SMILES string of the molecule is C[C@H]1CC[C@]2(Cc3nc(OC[C@@]45CCCN4C[C@H](F)C5)nc(N4C[C@@H](O)C4(C)C)c3CO2)c2c1ccc(N)c2C#N. The van der Waals surface area contributed by atoms with Gasteiger partial charge in [-0.05, 0) is 63.6 Å². The second kappa shape index (κ2) is 9.25. The molecular formula is C31H39FN6O3. The summed E-state index contributed by atoms with van der Waals surface area (Å²) >= 11 is 0. The van der Waals surface area contributed by atoms with Crippen molar-refractivity contribution in [2.24, 2.45) is 0 Å². The maximum atomic E-state index is 14.4. The number of rotatable bonds is 4. The summed E-state index contributed by atoms with van der Waals surface area (Å²) in [6.45, 7) is 8.60. The van der Waals surface area contributed by atoms with Gasteiger partial charge in [-0.25, -0.2) is 4.39 Å². The molecule has 0 radical (unpaired) electrons. The number of benzene rings is 1. The maximum Gasteiger partial charge on any atom is 0.318 e. The Morgan fingerprint density at radius 1 is 1.27 bits per heavy atom. The van der Waals surface area contributed by atoms with Gasteiger partial charge >= 0.3 is 6.01 Å². The average Bonchev–Trinajstić information content (AvgIpc) is 3.47. The van der Waals surface area contributed by atoms with E-state index in [2.05, 4.69) is 22.8 Å². The highest BCUT2D eigenvalue weighted by atomic mass is 19.1. The molecule has 7 rings (SSSR count). The predicted octanol–water partition coefficient (Wildman–Crippen LogP) is 3.71. The molecule has 0 bridgehead atoms. The van der Waals surface area contributed by atoms with Crippen LogP contribution in [0.5, 0.6) is 6.01 Å². The zero-order valence-electron chi connectivity index (χ0n) is 24.1. The molecule has 4 aliphatic heterocycles. The van der Waals surface area contributed by atoms with Gasteiger partial charge in [0.05, 0.1) is 35.0 Å². The van der Waals surface area contributed by atoms with Crippen molar-refractivity contribution in [3.8, 4) is 12.1 Å². The topological polar surface area (TPSA) is 121 Å². The molecular weight excluding hydrogens is 523 g/mol. The highest BCUT2D eigenvalue weighted by molar-refractivity contribution is 5.64. The van der Waals surface area contributed by atoms with Crippen molar-refractivity contribution in [1.29, 1.82) is 5.26 Å². The minimum atomic E-state index is -0.838. The van der Waals surface area contributed by atoms with E-state index in [1.807, 2.05) is 26.0 Å². The number of fused-ring (bicyclic) bond motifs is 4. The highest BCUT2D eigenvalue weighted by Gasteiger charge is 2.52. The number of ether oxygens (including phenoxy) is 2. The van der Waals surface area contributed by atoms with Gasteiger partial charge in [-0.1, -0.05) is 13.0 Å². The Kier molecular flexibility index (Phi) is 6.06. The fourth-order valence-electron chi connectivity index (χ4n) is 8.02. The van der Waals surface area contributed by atoms with E-state index in [1.54, 1.807) is 0 Å². The number of nitrogens with two attached hydrogens (primary N) is 1. The zero-order chi connectivity index (χ0) is 28.7. The van der Waals surface area contributed by atoms with Crippen LogP contribution in [0.15, 0.2) is 12.1 Å². The van der Waals surface area contributed by atoms with Crippen LogP contribution in [0.4, 0.5) is 15.9 Å². The molecule has 1 spiro atoms. The lowest BCUT2D eigenvalue weighted by molar-refractivity contribution is -0.0876. The van der Waals surface area contributed by atoms with E-state index < -0.39 is 23.4 Å². The number of anilines is 2. The second-order valence-electron chi connectivity index (χ2n) is 13.4. The summed E-state index contributed by atoms with van der Waals surface area (Å²) in [5.74, 6) is 0.999. The minimum absolute atomic E-state index is 0.272. The number of aromatic nitrogens is 2. The summed E-state index contributed by atoms with van der Waals surface area (Å²) < 4.78 is 27.5. The number of aliphatic hydroxyl groups excluding tert-OH is 1. The van der Waals surface area contributed by atoms with E-state index >= 15 is 0 Å². The fraction of sp³-hybridized carbons (Fsp3) is 0.645. The van der Waals surface area contributed by atoms with Crippen molar-refractivity contribution < 1.29 is 19.0 Å². The van der Waals surface area contributed by atoms with Gasteiger partial charge in [0.2, 0.25) is 0 Å². The highest BCUT2D eigenvalue weighted by Crippen LogP contribution is 2.52. The third-order valence-corrected chi connectivity index (χ3v) is 10.7. The summed E-state index contributed by atoms with van der Waals surface area (Å²) in [7, 11) is 0. The Hall–Kier alpha value is -3.00. The number of β-amino-alcohol motifs (C(OH)–C–C–N with tert-alkyl or cyclic N) is 1. The van der Waals surface area contributed by atoms with Crippen molar-refractivity contribution >= 4 is 11.5 Å². The number of aliphatic hydroxyl groups is 1. The molecule has 5 heterocycles. The summed E-state index contributed by atoms with van der Waals surface area (Å²) in [6.07, 6.45) is 3.23. The molecule has 3 N–H and O–H groups in total. The first kappa shape index (κ1) is 26.9. The molecule has 5 atom stereocenters. The van der Waals surface area contributed by atoms with E-state index in [9.17, 15) is 14.8 Å². The third kappa shape index (κ3) is 3.96. The van der Waals surface area contributed by atoms with E-state index in [1.165, 1.54) is 0 Å². The summed E-state index contributed by atoms with van der Waals surface area (Å²) in [5.41, 5.74) is 9.41. The van der Waals surface area contributed by atoms with Gasteiger partial charge in [0.1, 0.15) is 30.3 Å². The van der Waals surface area contributed by atoms with Gasteiger partial charge in [0.15, 0.2) is 0 Å². The molecule has 41 heavy (non-hydrogen) atoms. The lowest BCUT2D eigenvalue weighted by Gasteiger charge is -2.54. The van der Waals surface area contributed by atoms with Gasteiger partial charge < -0.3 is 25.2 Å². The predicted molar refractivity (Wildman–Crippen MR) is 151 cm³/mol. The maximum absolute atomic E-state index is 14.4. The van der Waals surface area contributed by atoms with Crippen molar-refractivity contribution in [2.75, 3.05) is 36.9 Å². The largest absolute Gasteiger partial charge is 0.461 e. The first-order chi connectivity index (χ1) is 19.6. The van der Waals surface area contributed by atoms with E-state index in [0.29, 0.717) is 49.6 Å². The number of hydrogen-bond donors (Lipinski definition) is 2. The Balaban J connectivity index is 1.29. The minimum Gasteiger partial charge on any atom is -0.461 e. The molecule has 0 saturated carbocycles. The quantitative estimate of drug-likeness (QED) is 0.537. The van der Waals surface area contributed by atoms with Gasteiger partial charge in [-0.3, -0.25) is 4.90 Å². The van der Waals surface area contributed by atoms with Crippen LogP contribution in [-0.4, -0.2) is 69.6 Å². The molecule has 1 aromatic heterocycles. The van der Waals surface area contributed by atoms with Gasteiger partial charge in [-0.2, -0.15) is 15.2 Å². The average molecular weight is 563 g/mol. The van der Waals surface area contributed by atoms with Crippen LogP contribution in [0.3, 0.4) is 0 Å². The third-order valence-electron chi connectivity index (χ3n) is 10.7. The van der Waals surface area contributed by atoms with Crippen LogP contribution in [0.25, 0.3) is 0 Å². The van der Waals surface area contributed by atoms with Gasteiger partial charge in [0.25, 0.3) is 0 Å². The van der Waals surface area contributed by atoms with E-state index in [-0.39, 0.29) is 24.1 Å². The Bertz CT molecular complexity index is 1440. The number of nitrogens with zero attached hydrogens (tertiary/aromatic N) is 5. The summed E-state index contributed by atoms with van der Waals surface area (Å²) in [4.78, 5) is 14.2. The smallest absolute Gasteiger partial charge is 0.318 e. The first-order valence-corrected chi connectivity index (χ1v) is 14.9. The number of nitriles is 1. The molecule has 10 heteroatoms. The van der Waals surface area contributed by atoms with Crippen LogP contribution >= 0.6 is 0 Å². The van der Waals surface area contributed by atoms with E-state index in [0.717, 1.165) is 54.6 Å². The molecule has 3 saturated heterocycles. The van der Waals surface area contributed by atoms with E-state index in [4.69, 9.17) is 25.2 Å². The standard InChI is InChI=1S/C31H39FN6O3/c1-18-7-9-31(26-20(18)5-6-23(34)21(26)13-33)12-24-22(16-41-31)27(38-15-25(39)29(38,2)3)36-28(35-24)40-17-30-8-4-10-37(30)14-19(32)11-30/h5-6,18-19,25,39H,4,7-12,14-17,34H2,1-3H3/t18-,19+,25+,30-,31-/m0/s1.